The Morgan fingerprint density at radius 3 is 2.68 bits per heavy atom. The molecule has 0 bridgehead atoms. The summed E-state index contributed by atoms with van der Waals surface area (Å²) in [6.07, 6.45) is 1.48. The number of nitrogens with zero attached hydrogens (tertiary/aromatic N) is 4. The largest absolute Gasteiger partial charge is 0.478 e. The first-order valence-electron chi connectivity index (χ1n) is 9.61. The van der Waals surface area contributed by atoms with Gasteiger partial charge >= 0.3 is 5.97 Å². The maximum Gasteiger partial charge on any atom is 0.337 e. The van der Waals surface area contributed by atoms with E-state index in [1.807, 2.05) is 31.3 Å². The third kappa shape index (κ3) is 2.92. The summed E-state index contributed by atoms with van der Waals surface area (Å²) in [4.78, 5) is 20.8. The summed E-state index contributed by atoms with van der Waals surface area (Å²) in [5.41, 5.74) is 4.56. The number of carboxylic acid groups (broad SMARTS) is 1. The van der Waals surface area contributed by atoms with Crippen molar-refractivity contribution in [2.75, 3.05) is 11.9 Å². The Kier molecular flexibility index (Phi) is 4.21. The molecule has 0 amide bonds. The van der Waals surface area contributed by atoms with E-state index in [2.05, 4.69) is 15.1 Å². The highest BCUT2D eigenvalue weighted by Gasteiger charge is 2.20. The number of aryl methyl sites for hydroxylation is 1. The normalized spacial score (nSPS) is 11.3. The molecule has 2 N–H and O–H groups in total. The molecule has 5 aromatic rings. The summed E-state index contributed by atoms with van der Waals surface area (Å²) in [5.74, 6) is -1.34. The number of rotatable bonds is 4. The summed E-state index contributed by atoms with van der Waals surface area (Å²) in [6, 6.07) is 15.6. The van der Waals surface area contributed by atoms with E-state index in [9.17, 15) is 14.3 Å². The van der Waals surface area contributed by atoms with E-state index >= 15 is 0 Å². The Morgan fingerprint density at radius 1 is 1.13 bits per heavy atom. The molecule has 154 valence electrons. The fourth-order valence-corrected chi connectivity index (χ4v) is 3.98. The molecular formula is C23H18FN5O2. The van der Waals surface area contributed by atoms with Gasteiger partial charge in [-0.15, -0.1) is 0 Å². The van der Waals surface area contributed by atoms with Crippen LogP contribution in [0.1, 0.15) is 10.4 Å². The third-order valence-corrected chi connectivity index (χ3v) is 5.43. The second-order valence-electron chi connectivity index (χ2n) is 7.26. The number of halogens is 1. The van der Waals surface area contributed by atoms with E-state index in [0.717, 1.165) is 16.8 Å². The Hall–Kier alpha value is -4.20. The molecule has 2 aromatic carbocycles. The highest BCUT2D eigenvalue weighted by molar-refractivity contribution is 6.05. The first-order chi connectivity index (χ1) is 15.0. The molecule has 0 spiro atoms. The minimum absolute atomic E-state index is 0.155. The summed E-state index contributed by atoms with van der Waals surface area (Å²) in [6.45, 7) is 0. The van der Waals surface area contributed by atoms with E-state index in [0.29, 0.717) is 27.9 Å². The van der Waals surface area contributed by atoms with E-state index < -0.39 is 5.97 Å². The van der Waals surface area contributed by atoms with E-state index in [4.69, 9.17) is 0 Å². The summed E-state index contributed by atoms with van der Waals surface area (Å²) in [7, 11) is 3.62. The molecule has 0 radical (unpaired) electrons. The Bertz CT molecular complexity index is 1470. The summed E-state index contributed by atoms with van der Waals surface area (Å²) < 4.78 is 16.1. The quantitative estimate of drug-likeness (QED) is 0.443. The van der Waals surface area contributed by atoms with Gasteiger partial charge in [-0.25, -0.2) is 9.18 Å². The highest BCUT2D eigenvalue weighted by atomic mass is 19.1. The molecule has 7 nitrogen and oxygen atoms in total. The molecule has 8 heteroatoms. The number of carboxylic acids is 1. The van der Waals surface area contributed by atoms with E-state index in [-0.39, 0.29) is 11.4 Å². The van der Waals surface area contributed by atoms with Crippen molar-refractivity contribution in [1.29, 1.82) is 0 Å². The average Bonchev–Trinajstić information content (AvgIpc) is 3.32. The Labute approximate surface area is 176 Å². The molecule has 0 atom stereocenters. The molecule has 5 rings (SSSR count). The Balaban J connectivity index is 1.70. The molecule has 0 unspecified atom stereocenters. The van der Waals surface area contributed by atoms with Crippen LogP contribution in [-0.4, -0.2) is 37.9 Å². The zero-order chi connectivity index (χ0) is 21.7. The van der Waals surface area contributed by atoms with Crippen molar-refractivity contribution in [1.82, 2.24) is 19.7 Å². The number of hydrogen-bond acceptors (Lipinski definition) is 4. The number of para-hydroxylation sites is 1. The van der Waals surface area contributed by atoms with Crippen molar-refractivity contribution >= 4 is 39.3 Å². The summed E-state index contributed by atoms with van der Waals surface area (Å²) >= 11 is 0. The lowest BCUT2D eigenvalue weighted by Gasteiger charge is -2.20. The SMILES string of the molecule is CN(c1ccccc1F)c1cccc2c(-c3cc4nccc(C(=O)O)c4[nH]3)n(C)nc12. The molecule has 0 aliphatic carbocycles. The smallest absolute Gasteiger partial charge is 0.337 e. The van der Waals surface area contributed by atoms with Gasteiger partial charge in [0.05, 0.1) is 39.4 Å². The van der Waals surface area contributed by atoms with Gasteiger partial charge in [-0.05, 0) is 30.3 Å². The zero-order valence-corrected chi connectivity index (χ0v) is 16.8. The fourth-order valence-electron chi connectivity index (χ4n) is 3.98. The average molecular weight is 415 g/mol. The number of carbonyl (C=O) groups is 1. The van der Waals surface area contributed by atoms with Gasteiger partial charge in [0.1, 0.15) is 11.3 Å². The highest BCUT2D eigenvalue weighted by Crippen LogP contribution is 2.37. The first kappa shape index (κ1) is 18.8. The summed E-state index contributed by atoms with van der Waals surface area (Å²) in [5, 5.41) is 15.0. The van der Waals surface area contributed by atoms with Crippen LogP contribution in [0.25, 0.3) is 33.3 Å². The van der Waals surface area contributed by atoms with Gasteiger partial charge in [0, 0.05) is 25.7 Å². The van der Waals surface area contributed by atoms with Crippen molar-refractivity contribution in [3.05, 3.63) is 72.2 Å². The van der Waals surface area contributed by atoms with Gasteiger partial charge in [-0.1, -0.05) is 24.3 Å². The third-order valence-electron chi connectivity index (χ3n) is 5.43. The lowest BCUT2D eigenvalue weighted by atomic mass is 10.1. The van der Waals surface area contributed by atoms with Crippen molar-refractivity contribution in [2.24, 2.45) is 7.05 Å². The van der Waals surface area contributed by atoms with E-state index in [1.165, 1.54) is 18.3 Å². The number of fused-ring (bicyclic) bond motifs is 2. The van der Waals surface area contributed by atoms with Gasteiger partial charge in [0.25, 0.3) is 0 Å². The number of aromatic nitrogens is 4. The molecule has 0 fully saturated rings. The Morgan fingerprint density at radius 2 is 1.90 bits per heavy atom. The molecule has 0 aliphatic rings. The number of H-pyrrole nitrogens is 1. The molecule has 0 saturated carbocycles. The number of hydrogen-bond donors (Lipinski definition) is 2. The predicted octanol–water partition coefficient (Wildman–Crippen LogP) is 4.72. The van der Waals surface area contributed by atoms with Crippen LogP contribution >= 0.6 is 0 Å². The predicted molar refractivity (Wildman–Crippen MR) is 117 cm³/mol. The van der Waals surface area contributed by atoms with Crippen LogP contribution in [0.4, 0.5) is 15.8 Å². The number of pyridine rings is 1. The second kappa shape index (κ2) is 6.94. The van der Waals surface area contributed by atoms with Gasteiger partial charge in [-0.2, -0.15) is 5.10 Å². The molecular weight excluding hydrogens is 397 g/mol. The van der Waals surface area contributed by atoms with Crippen LogP contribution in [0.2, 0.25) is 0 Å². The fraction of sp³-hybridized carbons (Fsp3) is 0.0870. The van der Waals surface area contributed by atoms with Gasteiger partial charge in [0.15, 0.2) is 0 Å². The molecule has 3 heterocycles. The van der Waals surface area contributed by atoms with E-state index in [1.54, 1.807) is 34.8 Å². The first-order valence-corrected chi connectivity index (χ1v) is 9.61. The van der Waals surface area contributed by atoms with Crippen molar-refractivity contribution < 1.29 is 14.3 Å². The minimum Gasteiger partial charge on any atom is -0.478 e. The second-order valence-corrected chi connectivity index (χ2v) is 7.26. The van der Waals surface area contributed by atoms with Gasteiger partial charge in [-0.3, -0.25) is 9.67 Å². The van der Waals surface area contributed by atoms with Gasteiger partial charge < -0.3 is 15.0 Å². The van der Waals surface area contributed by atoms with Crippen LogP contribution in [0.3, 0.4) is 0 Å². The van der Waals surface area contributed by atoms with Gasteiger partial charge in [0.2, 0.25) is 0 Å². The van der Waals surface area contributed by atoms with Crippen LogP contribution in [0, 0.1) is 5.82 Å². The number of aromatic amines is 1. The standard InChI is InChI=1S/C23H18FN5O2/c1-28(18-8-4-3-7-15(18)24)19-9-5-6-13-21(19)27-29(2)22(13)17-12-16-20(26-17)14(23(30)31)10-11-25-16/h3-12,26H,1-2H3,(H,30,31). The number of anilines is 2. The van der Waals surface area contributed by atoms with Crippen LogP contribution in [-0.2, 0) is 7.05 Å². The molecule has 3 aromatic heterocycles. The molecule has 0 saturated heterocycles. The van der Waals surface area contributed by atoms with Crippen LogP contribution in [0.15, 0.2) is 60.8 Å². The van der Waals surface area contributed by atoms with Crippen molar-refractivity contribution in [2.45, 2.75) is 0 Å². The number of benzene rings is 2. The zero-order valence-electron chi connectivity index (χ0n) is 16.8. The number of aromatic carboxylic acids is 1. The van der Waals surface area contributed by atoms with Crippen LogP contribution in [0.5, 0.6) is 0 Å². The molecule has 0 aliphatic heterocycles. The maximum absolute atomic E-state index is 14.4. The number of nitrogens with one attached hydrogen (secondary N) is 1. The maximum atomic E-state index is 14.4. The van der Waals surface area contributed by atoms with Crippen molar-refractivity contribution in [3.8, 4) is 11.4 Å². The molecule has 31 heavy (non-hydrogen) atoms. The topological polar surface area (TPSA) is 87.0 Å². The monoisotopic (exact) mass is 415 g/mol. The lowest BCUT2D eigenvalue weighted by molar-refractivity contribution is 0.0698. The van der Waals surface area contributed by atoms with Crippen LogP contribution < -0.4 is 4.90 Å². The van der Waals surface area contributed by atoms with Crippen molar-refractivity contribution in [3.63, 3.8) is 0 Å². The lowest BCUT2D eigenvalue weighted by Crippen LogP contribution is -2.11. The minimum atomic E-state index is -1.02.